The predicted molar refractivity (Wildman–Crippen MR) is 76.4 cm³/mol. The van der Waals surface area contributed by atoms with Gasteiger partial charge in [-0.15, -0.1) is 0 Å². The topological polar surface area (TPSA) is 52.2 Å². The van der Waals surface area contributed by atoms with Gasteiger partial charge >= 0.3 is 0 Å². The molecule has 1 heterocycles. The summed E-state index contributed by atoms with van der Waals surface area (Å²) in [6.07, 6.45) is 5.02. The summed E-state index contributed by atoms with van der Waals surface area (Å²) in [4.78, 5) is 11.4. The van der Waals surface area contributed by atoms with Crippen LogP contribution in [0.3, 0.4) is 0 Å². The summed E-state index contributed by atoms with van der Waals surface area (Å²) in [6.45, 7) is 0. The van der Waals surface area contributed by atoms with Crippen molar-refractivity contribution >= 4 is 22.4 Å². The highest BCUT2D eigenvalue weighted by Gasteiger charge is 2.38. The van der Waals surface area contributed by atoms with Gasteiger partial charge in [0.2, 0.25) is 0 Å². The molecule has 100 valence electrons. The molecule has 20 heavy (non-hydrogen) atoms. The number of nitrogens with one attached hydrogen (secondary N) is 1. The largest absolute Gasteiger partial charge is 0.548 e. The fraction of sp³-hybridized carbons (Fsp3) is 0.235. The zero-order chi connectivity index (χ0) is 13.7. The number of benzene rings is 2. The molecule has 3 heteroatoms. The number of carboxylic acids is 1. The van der Waals surface area contributed by atoms with Crippen LogP contribution >= 0.6 is 0 Å². The van der Waals surface area contributed by atoms with Crippen LogP contribution in [0, 0.1) is 5.92 Å². The van der Waals surface area contributed by atoms with Gasteiger partial charge in [0, 0.05) is 11.6 Å². The molecule has 0 bridgehead atoms. The molecule has 0 amide bonds. The van der Waals surface area contributed by atoms with Gasteiger partial charge in [-0.05, 0) is 34.7 Å². The Morgan fingerprint density at radius 1 is 1.20 bits per heavy atom. The fourth-order valence-electron chi connectivity index (χ4n) is 3.61. The molecule has 0 unspecified atom stereocenters. The van der Waals surface area contributed by atoms with Gasteiger partial charge in [0.15, 0.2) is 0 Å². The van der Waals surface area contributed by atoms with Gasteiger partial charge in [0.05, 0.1) is 12.0 Å². The molecule has 1 N–H and O–H groups in total. The summed E-state index contributed by atoms with van der Waals surface area (Å²) in [5.41, 5.74) is 2.14. The number of anilines is 1. The Balaban J connectivity index is 1.97. The number of hydrogen-bond acceptors (Lipinski definition) is 3. The lowest BCUT2D eigenvalue weighted by Crippen LogP contribution is -2.48. The second-order valence-electron chi connectivity index (χ2n) is 5.54. The molecule has 0 fully saturated rings. The summed E-state index contributed by atoms with van der Waals surface area (Å²) >= 11 is 0. The van der Waals surface area contributed by atoms with Crippen LogP contribution in [0.2, 0.25) is 0 Å². The second-order valence-corrected chi connectivity index (χ2v) is 5.54. The monoisotopic (exact) mass is 264 g/mol. The van der Waals surface area contributed by atoms with Crippen molar-refractivity contribution in [2.45, 2.75) is 18.4 Å². The van der Waals surface area contributed by atoms with Crippen LogP contribution in [-0.4, -0.2) is 12.0 Å². The Morgan fingerprint density at radius 3 is 2.90 bits per heavy atom. The SMILES string of the molecule is O=C([O-])[C@@H]1Nc2ccc3ccccc3c2[C@H]2C=CC[C@@H]21. The van der Waals surface area contributed by atoms with Gasteiger partial charge in [0.25, 0.3) is 0 Å². The Hall–Kier alpha value is -2.29. The number of rotatable bonds is 1. The molecule has 1 aliphatic heterocycles. The third kappa shape index (κ3) is 1.49. The number of allylic oxidation sites excluding steroid dienone is 2. The van der Waals surface area contributed by atoms with E-state index in [1.165, 1.54) is 16.3 Å². The molecule has 0 saturated carbocycles. The van der Waals surface area contributed by atoms with Gasteiger partial charge in [-0.2, -0.15) is 0 Å². The van der Waals surface area contributed by atoms with E-state index in [0.29, 0.717) is 0 Å². The van der Waals surface area contributed by atoms with E-state index in [1.54, 1.807) is 0 Å². The van der Waals surface area contributed by atoms with E-state index >= 15 is 0 Å². The smallest absolute Gasteiger partial charge is 0.0698 e. The van der Waals surface area contributed by atoms with E-state index in [4.69, 9.17) is 0 Å². The van der Waals surface area contributed by atoms with Crippen LogP contribution in [0.4, 0.5) is 5.69 Å². The van der Waals surface area contributed by atoms with Crippen LogP contribution < -0.4 is 10.4 Å². The average Bonchev–Trinajstić information content (AvgIpc) is 2.94. The molecule has 0 saturated heterocycles. The lowest BCUT2D eigenvalue weighted by atomic mass is 9.77. The Kier molecular flexibility index (Phi) is 2.36. The van der Waals surface area contributed by atoms with E-state index in [-0.39, 0.29) is 11.8 Å². The lowest BCUT2D eigenvalue weighted by molar-refractivity contribution is -0.308. The van der Waals surface area contributed by atoms with E-state index in [9.17, 15) is 9.90 Å². The van der Waals surface area contributed by atoms with Crippen molar-refractivity contribution < 1.29 is 9.90 Å². The van der Waals surface area contributed by atoms with E-state index in [1.807, 2.05) is 24.3 Å². The average molecular weight is 264 g/mol. The Labute approximate surface area is 116 Å². The van der Waals surface area contributed by atoms with E-state index in [0.717, 1.165) is 12.1 Å². The number of carboxylic acid groups (broad SMARTS) is 1. The molecule has 4 rings (SSSR count). The summed E-state index contributed by atoms with van der Waals surface area (Å²) in [7, 11) is 0. The maximum absolute atomic E-state index is 11.4. The van der Waals surface area contributed by atoms with Crippen LogP contribution in [-0.2, 0) is 4.79 Å². The molecule has 0 aromatic heterocycles. The molecule has 0 radical (unpaired) electrons. The number of carbonyl (C=O) groups is 1. The van der Waals surface area contributed by atoms with Gasteiger partial charge in [-0.3, -0.25) is 0 Å². The van der Waals surface area contributed by atoms with Gasteiger partial charge in [-0.25, -0.2) is 0 Å². The minimum atomic E-state index is -1.01. The van der Waals surface area contributed by atoms with Crippen molar-refractivity contribution in [3.63, 3.8) is 0 Å². The van der Waals surface area contributed by atoms with Gasteiger partial charge < -0.3 is 15.2 Å². The molecule has 3 atom stereocenters. The molecule has 2 aliphatic rings. The summed E-state index contributed by atoms with van der Waals surface area (Å²) in [5.74, 6) is -0.791. The van der Waals surface area contributed by atoms with Crippen molar-refractivity contribution in [2.24, 2.45) is 5.92 Å². The van der Waals surface area contributed by atoms with Crippen molar-refractivity contribution in [1.82, 2.24) is 0 Å². The number of hydrogen-bond donors (Lipinski definition) is 1. The number of aliphatic carboxylic acids is 1. The highest BCUT2D eigenvalue weighted by molar-refractivity contribution is 5.93. The van der Waals surface area contributed by atoms with Crippen LogP contribution in [0.25, 0.3) is 10.8 Å². The van der Waals surface area contributed by atoms with Crippen molar-refractivity contribution in [2.75, 3.05) is 5.32 Å². The predicted octanol–water partition coefficient (Wildman–Crippen LogP) is 2.04. The Bertz CT molecular complexity index is 735. The first kappa shape index (κ1) is 11.5. The quantitative estimate of drug-likeness (QED) is 0.802. The molecule has 0 spiro atoms. The van der Waals surface area contributed by atoms with Crippen LogP contribution in [0.5, 0.6) is 0 Å². The Morgan fingerprint density at radius 2 is 2.05 bits per heavy atom. The zero-order valence-electron chi connectivity index (χ0n) is 10.9. The van der Waals surface area contributed by atoms with Gasteiger partial charge in [0.1, 0.15) is 0 Å². The standard InChI is InChI=1S/C17H15NO2/c19-17(20)16-13-7-3-6-12(13)15-11-5-2-1-4-10(11)8-9-14(15)18-16/h1-6,8-9,12-13,16,18H,7H2,(H,19,20)/p-1/t12-,13-,16+/m0/s1. The molecular weight excluding hydrogens is 250 g/mol. The first-order valence-corrected chi connectivity index (χ1v) is 6.91. The maximum atomic E-state index is 11.4. The van der Waals surface area contributed by atoms with E-state index < -0.39 is 12.0 Å². The first-order valence-electron chi connectivity index (χ1n) is 6.91. The molecule has 1 aliphatic carbocycles. The summed E-state index contributed by atoms with van der Waals surface area (Å²) in [6, 6.07) is 11.7. The van der Waals surface area contributed by atoms with Gasteiger partial charge in [-0.1, -0.05) is 42.5 Å². The normalized spacial score (nSPS) is 26.9. The summed E-state index contributed by atoms with van der Waals surface area (Å²) < 4.78 is 0. The molecule has 2 aromatic rings. The second kappa shape index (κ2) is 4.10. The highest BCUT2D eigenvalue weighted by Crippen LogP contribution is 2.47. The van der Waals surface area contributed by atoms with Crippen LogP contribution in [0.15, 0.2) is 48.6 Å². The molecule has 3 nitrogen and oxygen atoms in total. The zero-order valence-corrected chi connectivity index (χ0v) is 10.9. The van der Waals surface area contributed by atoms with Crippen LogP contribution in [0.1, 0.15) is 17.9 Å². The maximum Gasteiger partial charge on any atom is 0.0698 e. The lowest BCUT2D eigenvalue weighted by Gasteiger charge is -2.38. The number of carbonyl (C=O) groups excluding carboxylic acids is 1. The highest BCUT2D eigenvalue weighted by atomic mass is 16.4. The molecule has 2 aromatic carbocycles. The van der Waals surface area contributed by atoms with E-state index in [2.05, 4.69) is 29.6 Å². The molecular formula is C17H14NO2-. The number of fused-ring (bicyclic) bond motifs is 5. The summed E-state index contributed by atoms with van der Waals surface area (Å²) in [5, 5.41) is 16.9. The first-order chi connectivity index (χ1) is 9.75. The minimum Gasteiger partial charge on any atom is -0.548 e. The van der Waals surface area contributed by atoms with Crippen molar-refractivity contribution in [3.8, 4) is 0 Å². The van der Waals surface area contributed by atoms with Crippen molar-refractivity contribution in [1.29, 1.82) is 0 Å². The minimum absolute atomic E-state index is 0.0540. The fourth-order valence-corrected chi connectivity index (χ4v) is 3.61. The third-order valence-corrected chi connectivity index (χ3v) is 4.51. The third-order valence-electron chi connectivity index (χ3n) is 4.51. The van der Waals surface area contributed by atoms with Crippen molar-refractivity contribution in [3.05, 3.63) is 54.1 Å².